The van der Waals surface area contributed by atoms with Crippen LogP contribution >= 0.6 is 31.9 Å². The summed E-state index contributed by atoms with van der Waals surface area (Å²) in [6.07, 6.45) is 1.69. The van der Waals surface area contributed by atoms with Crippen molar-refractivity contribution in [3.05, 3.63) is 28.2 Å². The SMILES string of the molecule is CCc1cc(Br)ccc1NC(=O)C1C2CC3C(OC(=O)C31)C2Br. The van der Waals surface area contributed by atoms with Gasteiger partial charge in [0, 0.05) is 16.1 Å². The van der Waals surface area contributed by atoms with E-state index in [2.05, 4.69) is 44.1 Å². The Morgan fingerprint density at radius 1 is 1.39 bits per heavy atom. The molecule has 1 N–H and O–H groups in total. The summed E-state index contributed by atoms with van der Waals surface area (Å²) in [5.41, 5.74) is 1.91. The van der Waals surface area contributed by atoms with Crippen LogP contribution in [0.25, 0.3) is 0 Å². The molecule has 6 heteroatoms. The van der Waals surface area contributed by atoms with Crippen LogP contribution in [0.1, 0.15) is 18.9 Å². The second-order valence-corrected chi connectivity index (χ2v) is 8.58. The van der Waals surface area contributed by atoms with E-state index in [1.807, 2.05) is 18.2 Å². The molecule has 1 aromatic rings. The van der Waals surface area contributed by atoms with E-state index in [-0.39, 0.29) is 46.5 Å². The van der Waals surface area contributed by atoms with Crippen LogP contribution < -0.4 is 5.32 Å². The van der Waals surface area contributed by atoms with Crippen molar-refractivity contribution in [2.24, 2.45) is 23.7 Å². The molecule has 1 heterocycles. The Hall–Kier alpha value is -0.880. The van der Waals surface area contributed by atoms with Gasteiger partial charge in [-0.1, -0.05) is 38.8 Å². The second-order valence-electron chi connectivity index (χ2n) is 6.61. The first-order valence-electron chi connectivity index (χ1n) is 7.95. The Morgan fingerprint density at radius 2 is 2.17 bits per heavy atom. The van der Waals surface area contributed by atoms with Crippen molar-refractivity contribution in [3.63, 3.8) is 0 Å². The Balaban J connectivity index is 1.60. The minimum atomic E-state index is -0.288. The van der Waals surface area contributed by atoms with E-state index in [0.29, 0.717) is 0 Å². The van der Waals surface area contributed by atoms with Crippen molar-refractivity contribution in [1.82, 2.24) is 0 Å². The van der Waals surface area contributed by atoms with Crippen molar-refractivity contribution >= 4 is 49.4 Å². The summed E-state index contributed by atoms with van der Waals surface area (Å²) in [7, 11) is 0. The van der Waals surface area contributed by atoms with Gasteiger partial charge in [0.15, 0.2) is 0 Å². The van der Waals surface area contributed by atoms with Crippen LogP contribution in [0.3, 0.4) is 0 Å². The first kappa shape index (κ1) is 15.6. The van der Waals surface area contributed by atoms with E-state index in [4.69, 9.17) is 4.74 Å². The first-order chi connectivity index (χ1) is 11.0. The molecule has 0 spiro atoms. The summed E-state index contributed by atoms with van der Waals surface area (Å²) < 4.78 is 6.47. The average molecular weight is 443 g/mol. The molecule has 0 radical (unpaired) electrons. The van der Waals surface area contributed by atoms with Gasteiger partial charge in [0.2, 0.25) is 5.91 Å². The maximum Gasteiger partial charge on any atom is 0.310 e. The molecule has 1 saturated heterocycles. The topological polar surface area (TPSA) is 55.4 Å². The Kier molecular flexibility index (Phi) is 3.80. The van der Waals surface area contributed by atoms with Crippen LogP contribution in [0.5, 0.6) is 0 Å². The van der Waals surface area contributed by atoms with Gasteiger partial charge in [-0.3, -0.25) is 9.59 Å². The second kappa shape index (κ2) is 5.59. The van der Waals surface area contributed by atoms with Gasteiger partial charge in [-0.2, -0.15) is 0 Å². The number of amides is 1. The lowest BCUT2D eigenvalue weighted by Crippen LogP contribution is -2.40. The summed E-state index contributed by atoms with van der Waals surface area (Å²) in [6.45, 7) is 2.06. The zero-order valence-electron chi connectivity index (χ0n) is 12.6. The van der Waals surface area contributed by atoms with Crippen molar-refractivity contribution in [2.45, 2.75) is 30.7 Å². The third-order valence-electron chi connectivity index (χ3n) is 5.53. The van der Waals surface area contributed by atoms with E-state index in [1.54, 1.807) is 0 Å². The lowest BCUT2D eigenvalue weighted by Gasteiger charge is -2.27. The predicted octanol–water partition coefficient (Wildman–Crippen LogP) is 3.52. The molecule has 122 valence electrons. The van der Waals surface area contributed by atoms with Gasteiger partial charge in [0.05, 0.1) is 16.7 Å². The summed E-state index contributed by atoms with van der Waals surface area (Å²) in [6, 6.07) is 5.85. The van der Waals surface area contributed by atoms with Crippen molar-refractivity contribution in [2.75, 3.05) is 5.32 Å². The molecular weight excluding hydrogens is 426 g/mol. The number of ether oxygens (including phenoxy) is 1. The number of fused-ring (bicyclic) bond motifs is 1. The quantitative estimate of drug-likeness (QED) is 0.575. The number of carbonyl (C=O) groups excluding carboxylic acids is 2. The molecule has 1 aromatic carbocycles. The number of carbonyl (C=O) groups is 2. The molecule has 1 amide bonds. The molecule has 4 rings (SSSR count). The van der Waals surface area contributed by atoms with Crippen LogP contribution in [-0.2, 0) is 20.7 Å². The van der Waals surface area contributed by atoms with E-state index in [0.717, 1.165) is 28.6 Å². The van der Waals surface area contributed by atoms with Gasteiger partial charge in [-0.15, -0.1) is 0 Å². The minimum Gasteiger partial charge on any atom is -0.461 e. The lowest BCUT2D eigenvalue weighted by atomic mass is 9.79. The van der Waals surface area contributed by atoms with Gasteiger partial charge in [-0.25, -0.2) is 0 Å². The first-order valence-corrected chi connectivity index (χ1v) is 9.66. The van der Waals surface area contributed by atoms with Gasteiger partial charge in [-0.05, 0) is 42.5 Å². The molecule has 23 heavy (non-hydrogen) atoms. The minimum absolute atomic E-state index is 0.0413. The molecule has 6 unspecified atom stereocenters. The fourth-order valence-electron chi connectivity index (χ4n) is 4.52. The van der Waals surface area contributed by atoms with Crippen molar-refractivity contribution in [3.8, 4) is 0 Å². The largest absolute Gasteiger partial charge is 0.461 e. The van der Waals surface area contributed by atoms with E-state index in [1.165, 1.54) is 0 Å². The third-order valence-corrected chi connectivity index (χ3v) is 7.23. The van der Waals surface area contributed by atoms with E-state index < -0.39 is 0 Å². The Bertz CT molecular complexity index is 692. The average Bonchev–Trinajstić information content (AvgIpc) is 3.13. The lowest BCUT2D eigenvalue weighted by molar-refractivity contribution is -0.145. The molecule has 3 fully saturated rings. The van der Waals surface area contributed by atoms with Crippen LogP contribution in [-0.4, -0.2) is 22.8 Å². The van der Waals surface area contributed by atoms with Gasteiger partial charge >= 0.3 is 5.97 Å². The zero-order chi connectivity index (χ0) is 16.3. The molecule has 2 saturated carbocycles. The fourth-order valence-corrected chi connectivity index (χ4v) is 5.98. The number of aryl methyl sites for hydroxylation is 1. The highest BCUT2D eigenvalue weighted by Crippen LogP contribution is 2.60. The highest BCUT2D eigenvalue weighted by molar-refractivity contribution is 9.10. The number of hydrogen-bond donors (Lipinski definition) is 1. The standard InChI is InChI=1S/C17H17Br2NO3/c1-2-7-5-8(18)3-4-11(7)20-16(21)12-9-6-10-13(12)17(22)23-15(10)14(9)19/h3-5,9-10,12-15H,2,6H2,1H3,(H,20,21). The Morgan fingerprint density at radius 3 is 2.91 bits per heavy atom. The maximum absolute atomic E-state index is 12.9. The van der Waals surface area contributed by atoms with Crippen LogP contribution in [0.4, 0.5) is 5.69 Å². The molecule has 0 aromatic heterocycles. The van der Waals surface area contributed by atoms with Crippen LogP contribution in [0, 0.1) is 23.7 Å². The summed E-state index contributed by atoms with van der Waals surface area (Å²) in [5.74, 6) is -0.425. The number of halogens is 2. The monoisotopic (exact) mass is 441 g/mol. The molecule has 3 aliphatic rings. The van der Waals surface area contributed by atoms with E-state index >= 15 is 0 Å². The van der Waals surface area contributed by atoms with Crippen molar-refractivity contribution in [1.29, 1.82) is 0 Å². The van der Waals surface area contributed by atoms with Crippen LogP contribution in [0.2, 0.25) is 0 Å². The smallest absolute Gasteiger partial charge is 0.310 e. The number of alkyl halides is 1. The number of esters is 1. The maximum atomic E-state index is 12.9. The zero-order valence-corrected chi connectivity index (χ0v) is 15.8. The highest BCUT2D eigenvalue weighted by atomic mass is 79.9. The highest BCUT2D eigenvalue weighted by Gasteiger charge is 2.67. The molecule has 2 aliphatic carbocycles. The van der Waals surface area contributed by atoms with Gasteiger partial charge in [0.25, 0.3) is 0 Å². The number of anilines is 1. The summed E-state index contributed by atoms with van der Waals surface area (Å²) >= 11 is 7.10. The number of benzene rings is 1. The van der Waals surface area contributed by atoms with Gasteiger partial charge < -0.3 is 10.1 Å². The molecule has 6 atom stereocenters. The summed E-state index contributed by atoms with van der Waals surface area (Å²) in [4.78, 5) is 25.1. The molecule has 2 bridgehead atoms. The normalized spacial score (nSPS) is 37.1. The fraction of sp³-hybridized carbons (Fsp3) is 0.529. The summed E-state index contributed by atoms with van der Waals surface area (Å²) in [5, 5.41) is 3.05. The molecule has 4 nitrogen and oxygen atoms in total. The molecule has 1 aliphatic heterocycles. The van der Waals surface area contributed by atoms with Gasteiger partial charge in [0.1, 0.15) is 6.10 Å². The number of rotatable bonds is 3. The molecular formula is C17H17Br2NO3. The number of nitrogens with one attached hydrogen (secondary N) is 1. The third kappa shape index (κ3) is 2.29. The number of hydrogen-bond acceptors (Lipinski definition) is 3. The Labute approximate surface area is 151 Å². The van der Waals surface area contributed by atoms with Crippen molar-refractivity contribution < 1.29 is 14.3 Å². The predicted molar refractivity (Wildman–Crippen MR) is 93.3 cm³/mol. The van der Waals surface area contributed by atoms with Crippen LogP contribution in [0.15, 0.2) is 22.7 Å². The van der Waals surface area contributed by atoms with E-state index in [9.17, 15) is 9.59 Å².